The number of hydrogen-bond donors (Lipinski definition) is 2. The van der Waals surface area contributed by atoms with E-state index >= 15 is 0 Å². The number of anilines is 2. The summed E-state index contributed by atoms with van der Waals surface area (Å²) in [5, 5.41) is 13.1. The minimum Gasteiger partial charge on any atom is -0.484 e. The summed E-state index contributed by atoms with van der Waals surface area (Å²) in [6.45, 7) is -0.392. The van der Waals surface area contributed by atoms with Crippen molar-refractivity contribution in [3.63, 3.8) is 0 Å². The number of amides is 1. The molecule has 148 valence electrons. The lowest BCUT2D eigenvalue weighted by Crippen LogP contribution is -2.20. The van der Waals surface area contributed by atoms with Crippen molar-refractivity contribution in [1.82, 2.24) is 4.98 Å². The van der Waals surface area contributed by atoms with E-state index in [1.165, 1.54) is 42.6 Å². The highest BCUT2D eigenvalue weighted by Gasteiger charge is 2.15. The molecule has 2 N–H and O–H groups in total. The standard InChI is InChI=1S/C18H13FN4O4S2/c19-16-9-14(4-1-12(16)10-20)27-11-17(24)22-13-2-5-15(6-3-13)29(25,26)23-18-21-7-8-28-18/h1-9H,11H2,(H,21,23)(H,22,24). The summed E-state index contributed by atoms with van der Waals surface area (Å²) in [5.74, 6) is -1.16. The lowest BCUT2D eigenvalue weighted by atomic mass is 10.2. The molecule has 0 radical (unpaired) electrons. The molecule has 3 rings (SSSR count). The van der Waals surface area contributed by atoms with Crippen LogP contribution in [0.3, 0.4) is 0 Å². The maximum atomic E-state index is 13.5. The van der Waals surface area contributed by atoms with E-state index in [2.05, 4.69) is 15.0 Å². The van der Waals surface area contributed by atoms with Crippen molar-refractivity contribution in [2.45, 2.75) is 4.90 Å². The van der Waals surface area contributed by atoms with Gasteiger partial charge in [0.15, 0.2) is 11.7 Å². The van der Waals surface area contributed by atoms with Crippen LogP contribution in [0.2, 0.25) is 0 Å². The van der Waals surface area contributed by atoms with Gasteiger partial charge in [-0.1, -0.05) is 0 Å². The first-order chi connectivity index (χ1) is 13.9. The van der Waals surface area contributed by atoms with E-state index in [1.54, 1.807) is 11.4 Å². The monoisotopic (exact) mass is 432 g/mol. The van der Waals surface area contributed by atoms with Gasteiger partial charge in [0.05, 0.1) is 10.5 Å². The van der Waals surface area contributed by atoms with Crippen LogP contribution in [0.5, 0.6) is 5.75 Å². The predicted octanol–water partition coefficient (Wildman–Crippen LogP) is 2.97. The third-order valence-electron chi connectivity index (χ3n) is 3.53. The van der Waals surface area contributed by atoms with E-state index in [-0.39, 0.29) is 21.3 Å². The molecular formula is C18H13FN4O4S2. The zero-order valence-electron chi connectivity index (χ0n) is 14.6. The van der Waals surface area contributed by atoms with Gasteiger partial charge in [-0.25, -0.2) is 17.8 Å². The zero-order chi connectivity index (χ0) is 20.9. The molecule has 0 unspecified atom stereocenters. The fourth-order valence-corrected chi connectivity index (χ4v) is 3.98. The van der Waals surface area contributed by atoms with Gasteiger partial charge in [-0.2, -0.15) is 5.26 Å². The van der Waals surface area contributed by atoms with Crippen LogP contribution in [0.4, 0.5) is 15.2 Å². The number of carbonyl (C=O) groups is 1. The third kappa shape index (κ3) is 5.28. The van der Waals surface area contributed by atoms with Gasteiger partial charge < -0.3 is 10.1 Å². The molecule has 0 aliphatic rings. The van der Waals surface area contributed by atoms with Gasteiger partial charge in [0.2, 0.25) is 0 Å². The smallest absolute Gasteiger partial charge is 0.263 e. The Kier molecular flexibility index (Phi) is 6.06. The van der Waals surface area contributed by atoms with Crippen LogP contribution in [0.15, 0.2) is 58.9 Å². The minimum atomic E-state index is -3.78. The van der Waals surface area contributed by atoms with Crippen molar-refractivity contribution < 1.29 is 22.3 Å². The van der Waals surface area contributed by atoms with Crippen LogP contribution < -0.4 is 14.8 Å². The molecule has 0 saturated carbocycles. The molecule has 0 fully saturated rings. The van der Waals surface area contributed by atoms with Crippen molar-refractivity contribution in [2.75, 3.05) is 16.6 Å². The minimum absolute atomic E-state index is 0.00927. The molecular weight excluding hydrogens is 419 g/mol. The van der Waals surface area contributed by atoms with Gasteiger partial charge in [-0.05, 0) is 36.4 Å². The largest absolute Gasteiger partial charge is 0.484 e. The predicted molar refractivity (Wildman–Crippen MR) is 105 cm³/mol. The number of benzene rings is 2. The third-order valence-corrected chi connectivity index (χ3v) is 5.71. The highest BCUT2D eigenvalue weighted by molar-refractivity contribution is 7.93. The number of nitrogens with one attached hydrogen (secondary N) is 2. The van der Waals surface area contributed by atoms with Gasteiger partial charge in [0.1, 0.15) is 17.6 Å². The SMILES string of the molecule is N#Cc1ccc(OCC(=O)Nc2ccc(S(=O)(=O)Nc3nccs3)cc2)cc1F. The molecule has 2 aromatic carbocycles. The number of carbonyl (C=O) groups excluding carboxylic acids is 1. The van der Waals surface area contributed by atoms with Crippen LogP contribution in [-0.4, -0.2) is 25.9 Å². The fraction of sp³-hybridized carbons (Fsp3) is 0.0556. The number of nitriles is 1. The van der Waals surface area contributed by atoms with Gasteiger partial charge in [-0.3, -0.25) is 9.52 Å². The topological polar surface area (TPSA) is 121 Å². The van der Waals surface area contributed by atoms with E-state index in [1.807, 2.05) is 0 Å². The van der Waals surface area contributed by atoms with Crippen molar-refractivity contribution in [3.05, 3.63) is 65.4 Å². The molecule has 0 saturated heterocycles. The molecule has 1 heterocycles. The molecule has 0 atom stereocenters. The Bertz CT molecular complexity index is 1160. The number of sulfonamides is 1. The molecule has 11 heteroatoms. The summed E-state index contributed by atoms with van der Waals surface area (Å²) < 4.78 is 45.6. The Hall–Kier alpha value is -3.49. The summed E-state index contributed by atoms with van der Waals surface area (Å²) in [6.07, 6.45) is 1.48. The number of thiazole rings is 1. The maximum absolute atomic E-state index is 13.5. The zero-order valence-corrected chi connectivity index (χ0v) is 16.3. The Morgan fingerprint density at radius 3 is 2.62 bits per heavy atom. The Morgan fingerprint density at radius 2 is 2.00 bits per heavy atom. The average molecular weight is 432 g/mol. The fourth-order valence-electron chi connectivity index (χ4n) is 2.19. The van der Waals surface area contributed by atoms with E-state index in [0.29, 0.717) is 5.69 Å². The van der Waals surface area contributed by atoms with E-state index in [4.69, 9.17) is 10.00 Å². The van der Waals surface area contributed by atoms with Crippen molar-refractivity contribution in [2.24, 2.45) is 0 Å². The van der Waals surface area contributed by atoms with Crippen LogP contribution >= 0.6 is 11.3 Å². The highest BCUT2D eigenvalue weighted by Crippen LogP contribution is 2.20. The lowest BCUT2D eigenvalue weighted by Gasteiger charge is -2.09. The van der Waals surface area contributed by atoms with Crippen LogP contribution in [0, 0.1) is 17.1 Å². The first kappa shape index (κ1) is 20.2. The summed E-state index contributed by atoms with van der Waals surface area (Å²) in [7, 11) is -3.78. The number of halogens is 1. The maximum Gasteiger partial charge on any atom is 0.263 e. The van der Waals surface area contributed by atoms with Gasteiger partial charge in [-0.15, -0.1) is 11.3 Å². The molecule has 1 amide bonds. The van der Waals surface area contributed by atoms with E-state index in [0.717, 1.165) is 17.4 Å². The molecule has 8 nitrogen and oxygen atoms in total. The number of nitrogens with zero attached hydrogens (tertiary/aromatic N) is 2. The Morgan fingerprint density at radius 1 is 1.24 bits per heavy atom. The normalized spacial score (nSPS) is 10.8. The number of aromatic nitrogens is 1. The summed E-state index contributed by atoms with van der Waals surface area (Å²) in [4.78, 5) is 15.8. The van der Waals surface area contributed by atoms with Crippen molar-refractivity contribution in [1.29, 1.82) is 5.26 Å². The molecule has 0 spiro atoms. The Labute approximate surface area is 169 Å². The molecule has 0 aliphatic heterocycles. The second kappa shape index (κ2) is 8.68. The van der Waals surface area contributed by atoms with Crippen LogP contribution in [0.25, 0.3) is 0 Å². The van der Waals surface area contributed by atoms with Crippen molar-refractivity contribution in [3.8, 4) is 11.8 Å². The quantitative estimate of drug-likeness (QED) is 0.592. The van der Waals surface area contributed by atoms with Crippen LogP contribution in [-0.2, 0) is 14.8 Å². The van der Waals surface area contributed by atoms with E-state index in [9.17, 15) is 17.6 Å². The first-order valence-corrected chi connectivity index (χ1v) is 10.4. The average Bonchev–Trinajstić information content (AvgIpc) is 3.19. The number of hydrogen-bond acceptors (Lipinski definition) is 7. The molecule has 3 aromatic rings. The summed E-state index contributed by atoms with van der Waals surface area (Å²) in [6, 6.07) is 10.9. The highest BCUT2D eigenvalue weighted by atomic mass is 32.2. The van der Waals surface area contributed by atoms with Gasteiger partial charge in [0.25, 0.3) is 15.9 Å². The van der Waals surface area contributed by atoms with Gasteiger partial charge in [0, 0.05) is 23.3 Å². The van der Waals surface area contributed by atoms with Crippen LogP contribution in [0.1, 0.15) is 5.56 Å². The lowest BCUT2D eigenvalue weighted by molar-refractivity contribution is -0.118. The molecule has 29 heavy (non-hydrogen) atoms. The van der Waals surface area contributed by atoms with Gasteiger partial charge >= 0.3 is 0 Å². The number of ether oxygens (including phenoxy) is 1. The van der Waals surface area contributed by atoms with Crippen molar-refractivity contribution >= 4 is 38.1 Å². The first-order valence-electron chi connectivity index (χ1n) is 8.02. The molecule has 0 bridgehead atoms. The number of rotatable bonds is 7. The summed E-state index contributed by atoms with van der Waals surface area (Å²) >= 11 is 1.15. The van der Waals surface area contributed by atoms with E-state index < -0.39 is 28.4 Å². The second-order valence-electron chi connectivity index (χ2n) is 5.56. The molecule has 1 aromatic heterocycles. The Balaban J connectivity index is 1.57. The second-order valence-corrected chi connectivity index (χ2v) is 8.13. The summed E-state index contributed by atoms with van der Waals surface area (Å²) in [5.41, 5.74) is 0.235. The molecule has 0 aliphatic carbocycles.